The zero-order chi connectivity index (χ0) is 15.7. The Balaban J connectivity index is 1.82. The summed E-state index contributed by atoms with van der Waals surface area (Å²) in [6, 6.07) is 4.81. The number of aromatic nitrogens is 1. The van der Waals surface area contributed by atoms with Gasteiger partial charge in [0.25, 0.3) is 0 Å². The largest absolute Gasteiger partial charge is 0.360 e. The summed E-state index contributed by atoms with van der Waals surface area (Å²) >= 11 is 1.58. The molecule has 1 aliphatic rings. The zero-order valence-corrected chi connectivity index (χ0v) is 13.5. The predicted molar refractivity (Wildman–Crippen MR) is 90.4 cm³/mol. The predicted octanol–water partition coefficient (Wildman–Crippen LogP) is 3.67. The summed E-state index contributed by atoms with van der Waals surface area (Å²) in [4.78, 5) is 17.2. The maximum Gasteiger partial charge on any atom is 0.235 e. The van der Waals surface area contributed by atoms with Crippen molar-refractivity contribution in [3.05, 3.63) is 41.9 Å². The number of thioether (sulfide) groups is 1. The van der Waals surface area contributed by atoms with Crippen molar-refractivity contribution in [1.82, 2.24) is 9.88 Å². The number of hydrogen-bond acceptors (Lipinski definition) is 2. The molecule has 1 amide bonds. The van der Waals surface area contributed by atoms with E-state index in [1.807, 2.05) is 30.3 Å². The van der Waals surface area contributed by atoms with Gasteiger partial charge in [-0.3, -0.25) is 4.79 Å². The van der Waals surface area contributed by atoms with E-state index in [0.717, 1.165) is 29.4 Å². The van der Waals surface area contributed by atoms with E-state index in [-0.39, 0.29) is 17.0 Å². The molecule has 3 rings (SSSR count). The lowest BCUT2D eigenvalue weighted by atomic mass is 9.99. The van der Waals surface area contributed by atoms with E-state index in [0.29, 0.717) is 6.54 Å². The van der Waals surface area contributed by atoms with E-state index in [1.54, 1.807) is 11.8 Å². The van der Waals surface area contributed by atoms with Crippen molar-refractivity contribution in [2.24, 2.45) is 0 Å². The fourth-order valence-corrected chi connectivity index (χ4v) is 3.19. The van der Waals surface area contributed by atoms with Crippen LogP contribution in [0, 0.1) is 5.82 Å². The molecular formula is C17H19FN2OS. The summed E-state index contributed by atoms with van der Waals surface area (Å²) in [5.41, 5.74) is 3.14. The van der Waals surface area contributed by atoms with Crippen LogP contribution < -0.4 is 0 Å². The van der Waals surface area contributed by atoms with Crippen LogP contribution >= 0.6 is 11.8 Å². The maximum atomic E-state index is 13.3. The van der Waals surface area contributed by atoms with E-state index in [2.05, 4.69) is 11.1 Å². The quantitative estimate of drug-likeness (QED) is 0.937. The van der Waals surface area contributed by atoms with Gasteiger partial charge in [-0.15, -0.1) is 0 Å². The Morgan fingerprint density at radius 3 is 2.95 bits per heavy atom. The highest BCUT2D eigenvalue weighted by atomic mass is 32.2. The van der Waals surface area contributed by atoms with Crippen molar-refractivity contribution in [3.63, 3.8) is 0 Å². The third kappa shape index (κ3) is 2.77. The SMILES string of the molecule is CS[C@H](C)C(=O)N1CC=C(c2c[nH]c3cc(F)ccc23)CC1. The molecule has 0 unspecified atom stereocenters. The summed E-state index contributed by atoms with van der Waals surface area (Å²) in [6.07, 6.45) is 6.83. The fourth-order valence-electron chi connectivity index (χ4n) is 2.84. The van der Waals surface area contributed by atoms with Gasteiger partial charge in [-0.1, -0.05) is 6.08 Å². The first kappa shape index (κ1) is 15.2. The average molecular weight is 318 g/mol. The number of fused-ring (bicyclic) bond motifs is 1. The second-order valence-corrected chi connectivity index (χ2v) is 6.71. The van der Waals surface area contributed by atoms with E-state index in [9.17, 15) is 9.18 Å². The minimum absolute atomic E-state index is 0.00557. The highest BCUT2D eigenvalue weighted by molar-refractivity contribution is 7.99. The van der Waals surface area contributed by atoms with Gasteiger partial charge in [0, 0.05) is 35.8 Å². The molecule has 1 N–H and O–H groups in total. The number of carbonyl (C=O) groups is 1. The van der Waals surface area contributed by atoms with E-state index in [4.69, 9.17) is 0 Å². The third-order valence-electron chi connectivity index (χ3n) is 4.21. The molecule has 2 heterocycles. The molecular weight excluding hydrogens is 299 g/mol. The molecule has 116 valence electrons. The minimum Gasteiger partial charge on any atom is -0.360 e. The molecule has 3 nitrogen and oxygen atoms in total. The molecule has 0 fully saturated rings. The molecule has 2 aromatic rings. The zero-order valence-electron chi connectivity index (χ0n) is 12.7. The Kier molecular flexibility index (Phi) is 4.25. The number of benzene rings is 1. The van der Waals surface area contributed by atoms with Crippen molar-refractivity contribution in [2.75, 3.05) is 19.3 Å². The van der Waals surface area contributed by atoms with Crippen LogP contribution in [0.2, 0.25) is 0 Å². The first-order chi connectivity index (χ1) is 10.6. The molecule has 0 bridgehead atoms. The van der Waals surface area contributed by atoms with Crippen molar-refractivity contribution < 1.29 is 9.18 Å². The summed E-state index contributed by atoms with van der Waals surface area (Å²) in [5, 5.41) is 1.04. The lowest BCUT2D eigenvalue weighted by Crippen LogP contribution is -2.39. The Hall–Kier alpha value is -1.75. The number of halogens is 1. The Labute approximate surface area is 133 Å². The number of amides is 1. The van der Waals surface area contributed by atoms with Crippen LogP contribution in [-0.2, 0) is 4.79 Å². The Morgan fingerprint density at radius 2 is 2.27 bits per heavy atom. The highest BCUT2D eigenvalue weighted by Crippen LogP contribution is 2.30. The van der Waals surface area contributed by atoms with Crippen molar-refractivity contribution in [3.8, 4) is 0 Å². The number of nitrogens with one attached hydrogen (secondary N) is 1. The number of rotatable bonds is 3. The van der Waals surface area contributed by atoms with Crippen LogP contribution in [0.5, 0.6) is 0 Å². The smallest absolute Gasteiger partial charge is 0.235 e. The van der Waals surface area contributed by atoms with E-state index >= 15 is 0 Å². The molecule has 0 radical (unpaired) electrons. The van der Waals surface area contributed by atoms with Crippen LogP contribution in [0.15, 0.2) is 30.5 Å². The maximum absolute atomic E-state index is 13.3. The van der Waals surface area contributed by atoms with Crippen LogP contribution in [-0.4, -0.2) is 40.4 Å². The summed E-state index contributed by atoms with van der Waals surface area (Å²) in [5.74, 6) is -0.0369. The molecule has 5 heteroatoms. The lowest BCUT2D eigenvalue weighted by Gasteiger charge is -2.28. The van der Waals surface area contributed by atoms with E-state index in [1.165, 1.54) is 17.7 Å². The highest BCUT2D eigenvalue weighted by Gasteiger charge is 2.22. The van der Waals surface area contributed by atoms with Gasteiger partial charge in [-0.25, -0.2) is 4.39 Å². The molecule has 0 spiro atoms. The van der Waals surface area contributed by atoms with Crippen LogP contribution in [0.4, 0.5) is 4.39 Å². The number of carbonyl (C=O) groups excluding carboxylic acids is 1. The van der Waals surface area contributed by atoms with E-state index < -0.39 is 0 Å². The normalized spacial score (nSPS) is 16.7. The lowest BCUT2D eigenvalue weighted by molar-refractivity contribution is -0.129. The van der Waals surface area contributed by atoms with Crippen LogP contribution in [0.3, 0.4) is 0 Å². The van der Waals surface area contributed by atoms with Gasteiger partial charge in [0.2, 0.25) is 5.91 Å². The van der Waals surface area contributed by atoms with Crippen molar-refractivity contribution in [1.29, 1.82) is 0 Å². The monoisotopic (exact) mass is 318 g/mol. The van der Waals surface area contributed by atoms with Gasteiger partial charge in [-0.2, -0.15) is 11.8 Å². The summed E-state index contributed by atoms with van der Waals surface area (Å²) in [7, 11) is 0. The summed E-state index contributed by atoms with van der Waals surface area (Å²) in [6.45, 7) is 3.33. The van der Waals surface area contributed by atoms with Gasteiger partial charge < -0.3 is 9.88 Å². The molecule has 1 aromatic carbocycles. The molecule has 0 saturated heterocycles. The first-order valence-electron chi connectivity index (χ1n) is 7.38. The molecule has 1 atom stereocenters. The first-order valence-corrected chi connectivity index (χ1v) is 8.66. The number of H-pyrrole nitrogens is 1. The molecule has 0 saturated carbocycles. The second-order valence-electron chi connectivity index (χ2n) is 5.53. The average Bonchev–Trinajstić information content (AvgIpc) is 2.96. The fraction of sp³-hybridized carbons (Fsp3) is 0.353. The molecule has 1 aliphatic heterocycles. The molecule has 22 heavy (non-hydrogen) atoms. The number of nitrogens with zero attached hydrogens (tertiary/aromatic N) is 1. The van der Waals surface area contributed by atoms with Crippen LogP contribution in [0.1, 0.15) is 18.9 Å². The topological polar surface area (TPSA) is 36.1 Å². The molecule has 0 aliphatic carbocycles. The Bertz CT molecular complexity index is 737. The number of aromatic amines is 1. The van der Waals surface area contributed by atoms with Gasteiger partial charge in [0.1, 0.15) is 5.82 Å². The van der Waals surface area contributed by atoms with Gasteiger partial charge in [0.15, 0.2) is 0 Å². The van der Waals surface area contributed by atoms with Gasteiger partial charge >= 0.3 is 0 Å². The van der Waals surface area contributed by atoms with Gasteiger partial charge in [0.05, 0.1) is 5.25 Å². The third-order valence-corrected chi connectivity index (χ3v) is 5.12. The Morgan fingerprint density at radius 1 is 1.45 bits per heavy atom. The van der Waals surface area contributed by atoms with Crippen molar-refractivity contribution >= 4 is 34.1 Å². The van der Waals surface area contributed by atoms with Gasteiger partial charge in [-0.05, 0) is 43.4 Å². The standard InChI is InChI=1S/C17H19FN2OS/c1-11(22-2)17(21)20-7-5-12(6-8-20)15-10-19-16-9-13(18)3-4-14(15)16/h3-5,9-11,19H,6-8H2,1-2H3/t11-/m1/s1. The van der Waals surface area contributed by atoms with Crippen molar-refractivity contribution in [2.45, 2.75) is 18.6 Å². The van der Waals surface area contributed by atoms with Crippen LogP contribution in [0.25, 0.3) is 16.5 Å². The minimum atomic E-state index is -0.235. The second kappa shape index (κ2) is 6.16. The number of hydrogen-bond donors (Lipinski definition) is 1. The molecule has 1 aromatic heterocycles. The summed E-state index contributed by atoms with van der Waals surface area (Å²) < 4.78 is 13.3.